The molecule has 0 aliphatic carbocycles. The molecule has 4 nitrogen and oxygen atoms in total. The SMILES string of the molecule is COC(=O)N[C@H](C)CO. The summed E-state index contributed by atoms with van der Waals surface area (Å²) in [5.74, 6) is 0. The standard InChI is InChI=1S/C5H11NO3/c1-4(3-7)6-5(8)9-2/h4,7H,3H2,1-2H3,(H,6,8)/t4-/m1/s1. The zero-order valence-electron chi connectivity index (χ0n) is 5.55. The predicted octanol–water partition coefficient (Wildman–Crippen LogP) is -0.277. The van der Waals surface area contributed by atoms with Crippen molar-refractivity contribution in [2.24, 2.45) is 0 Å². The molecule has 0 saturated carbocycles. The highest BCUT2D eigenvalue weighted by molar-refractivity contribution is 5.67. The van der Waals surface area contributed by atoms with Crippen LogP contribution in [-0.2, 0) is 4.74 Å². The van der Waals surface area contributed by atoms with Gasteiger partial charge in [0, 0.05) is 0 Å². The maximum Gasteiger partial charge on any atom is 0.407 e. The Morgan fingerprint density at radius 2 is 2.44 bits per heavy atom. The van der Waals surface area contributed by atoms with Gasteiger partial charge in [-0.05, 0) is 6.92 Å². The zero-order chi connectivity index (χ0) is 7.28. The van der Waals surface area contributed by atoms with Gasteiger partial charge in [0.15, 0.2) is 0 Å². The number of hydrogen-bond acceptors (Lipinski definition) is 3. The smallest absolute Gasteiger partial charge is 0.407 e. The molecule has 1 amide bonds. The molecule has 0 aromatic rings. The Bertz CT molecular complexity index is 94.2. The number of aliphatic hydroxyl groups is 1. The largest absolute Gasteiger partial charge is 0.453 e. The van der Waals surface area contributed by atoms with E-state index >= 15 is 0 Å². The molecule has 0 bridgehead atoms. The Morgan fingerprint density at radius 3 is 2.78 bits per heavy atom. The van der Waals surface area contributed by atoms with Crippen LogP contribution in [-0.4, -0.2) is 31.0 Å². The molecule has 0 aliphatic rings. The summed E-state index contributed by atoms with van der Waals surface area (Å²) in [5, 5.41) is 10.8. The van der Waals surface area contributed by atoms with Crippen molar-refractivity contribution in [3.05, 3.63) is 0 Å². The summed E-state index contributed by atoms with van der Waals surface area (Å²) in [6.45, 7) is 1.60. The highest BCUT2D eigenvalue weighted by Gasteiger charge is 2.02. The summed E-state index contributed by atoms with van der Waals surface area (Å²) < 4.78 is 4.26. The fourth-order valence-electron chi connectivity index (χ4n) is 0.306. The van der Waals surface area contributed by atoms with Crippen LogP contribution in [0.4, 0.5) is 4.79 Å². The maximum atomic E-state index is 10.3. The van der Waals surface area contributed by atoms with Crippen LogP contribution in [0.2, 0.25) is 0 Å². The minimum atomic E-state index is -0.517. The van der Waals surface area contributed by atoms with Crippen LogP contribution >= 0.6 is 0 Å². The first-order valence-corrected chi connectivity index (χ1v) is 2.66. The molecule has 1 atom stereocenters. The Labute approximate surface area is 53.8 Å². The molecule has 0 unspecified atom stereocenters. The summed E-state index contributed by atoms with van der Waals surface area (Å²) in [5.41, 5.74) is 0. The van der Waals surface area contributed by atoms with E-state index in [9.17, 15) is 4.79 Å². The number of amides is 1. The van der Waals surface area contributed by atoms with Gasteiger partial charge in [0.2, 0.25) is 0 Å². The van der Waals surface area contributed by atoms with Gasteiger partial charge in [0.25, 0.3) is 0 Å². The van der Waals surface area contributed by atoms with E-state index in [1.54, 1.807) is 6.92 Å². The first-order valence-electron chi connectivity index (χ1n) is 2.66. The van der Waals surface area contributed by atoms with E-state index < -0.39 is 6.09 Å². The minimum absolute atomic E-state index is 0.0743. The van der Waals surface area contributed by atoms with Crippen molar-refractivity contribution in [3.8, 4) is 0 Å². The van der Waals surface area contributed by atoms with Crippen molar-refractivity contribution in [2.75, 3.05) is 13.7 Å². The molecule has 0 aliphatic heterocycles. The molecular formula is C5H11NO3. The van der Waals surface area contributed by atoms with Crippen molar-refractivity contribution in [3.63, 3.8) is 0 Å². The number of rotatable bonds is 2. The van der Waals surface area contributed by atoms with Gasteiger partial charge in [-0.3, -0.25) is 0 Å². The molecular weight excluding hydrogens is 122 g/mol. The molecule has 4 heteroatoms. The van der Waals surface area contributed by atoms with Gasteiger partial charge in [0.05, 0.1) is 19.8 Å². The second kappa shape index (κ2) is 4.14. The van der Waals surface area contributed by atoms with E-state index in [1.165, 1.54) is 7.11 Å². The summed E-state index contributed by atoms with van der Waals surface area (Å²) in [4.78, 5) is 10.3. The quantitative estimate of drug-likeness (QED) is 0.544. The number of carbonyl (C=O) groups is 1. The van der Waals surface area contributed by atoms with E-state index in [0.717, 1.165) is 0 Å². The van der Waals surface area contributed by atoms with Crippen LogP contribution in [0, 0.1) is 0 Å². The predicted molar refractivity (Wildman–Crippen MR) is 32.1 cm³/mol. The molecule has 0 aromatic heterocycles. The van der Waals surface area contributed by atoms with Crippen LogP contribution in [0.15, 0.2) is 0 Å². The normalized spacial score (nSPS) is 12.3. The number of hydrogen-bond donors (Lipinski definition) is 2. The molecule has 0 saturated heterocycles. The Balaban J connectivity index is 3.34. The Hall–Kier alpha value is -0.770. The van der Waals surface area contributed by atoms with Crippen molar-refractivity contribution >= 4 is 6.09 Å². The molecule has 0 radical (unpaired) electrons. The molecule has 0 rings (SSSR count). The number of nitrogens with one attached hydrogen (secondary N) is 1. The average molecular weight is 133 g/mol. The van der Waals surface area contributed by atoms with Gasteiger partial charge in [-0.25, -0.2) is 4.79 Å². The van der Waals surface area contributed by atoms with Gasteiger partial charge in [-0.15, -0.1) is 0 Å². The highest BCUT2D eigenvalue weighted by atomic mass is 16.5. The summed E-state index contributed by atoms with van der Waals surface area (Å²) in [6.07, 6.45) is -0.517. The first-order chi connectivity index (χ1) is 4.20. The lowest BCUT2D eigenvalue weighted by Crippen LogP contribution is -2.34. The lowest BCUT2D eigenvalue weighted by Gasteiger charge is -2.07. The summed E-state index contributed by atoms with van der Waals surface area (Å²) >= 11 is 0. The molecule has 0 fully saturated rings. The lowest BCUT2D eigenvalue weighted by atomic mass is 10.4. The number of carbonyl (C=O) groups excluding carboxylic acids is 1. The Morgan fingerprint density at radius 1 is 1.89 bits per heavy atom. The van der Waals surface area contributed by atoms with Crippen molar-refractivity contribution in [1.82, 2.24) is 5.32 Å². The number of alkyl carbamates (subject to hydrolysis) is 1. The van der Waals surface area contributed by atoms with Gasteiger partial charge >= 0.3 is 6.09 Å². The monoisotopic (exact) mass is 133 g/mol. The summed E-state index contributed by atoms with van der Waals surface area (Å²) in [7, 11) is 1.28. The third-order valence-corrected chi connectivity index (χ3v) is 0.824. The number of aliphatic hydroxyl groups excluding tert-OH is 1. The van der Waals surface area contributed by atoms with Crippen LogP contribution < -0.4 is 5.32 Å². The van der Waals surface area contributed by atoms with E-state index in [2.05, 4.69) is 10.1 Å². The molecule has 0 aromatic carbocycles. The average Bonchev–Trinajstić information content (AvgIpc) is 1.87. The highest BCUT2D eigenvalue weighted by Crippen LogP contribution is 1.79. The summed E-state index contributed by atoms with van der Waals surface area (Å²) in [6, 6.07) is -0.238. The fraction of sp³-hybridized carbons (Fsp3) is 0.800. The second-order valence-electron chi connectivity index (χ2n) is 1.72. The van der Waals surface area contributed by atoms with Crippen molar-refractivity contribution in [1.29, 1.82) is 0 Å². The maximum absolute atomic E-state index is 10.3. The third kappa shape index (κ3) is 3.78. The molecule has 54 valence electrons. The lowest BCUT2D eigenvalue weighted by molar-refractivity contribution is 0.159. The van der Waals surface area contributed by atoms with E-state index in [1.807, 2.05) is 0 Å². The van der Waals surface area contributed by atoms with Crippen LogP contribution in [0.25, 0.3) is 0 Å². The van der Waals surface area contributed by atoms with Gasteiger partial charge in [0.1, 0.15) is 0 Å². The van der Waals surface area contributed by atoms with Gasteiger partial charge in [-0.2, -0.15) is 0 Å². The molecule has 0 spiro atoms. The van der Waals surface area contributed by atoms with E-state index in [-0.39, 0.29) is 12.6 Å². The first kappa shape index (κ1) is 8.23. The topological polar surface area (TPSA) is 58.6 Å². The van der Waals surface area contributed by atoms with Crippen LogP contribution in [0.3, 0.4) is 0 Å². The molecule has 9 heavy (non-hydrogen) atoms. The Kier molecular flexibility index (Phi) is 3.79. The number of methoxy groups -OCH3 is 1. The van der Waals surface area contributed by atoms with Gasteiger partial charge in [-0.1, -0.05) is 0 Å². The van der Waals surface area contributed by atoms with Crippen LogP contribution in [0.1, 0.15) is 6.92 Å². The second-order valence-corrected chi connectivity index (χ2v) is 1.72. The van der Waals surface area contributed by atoms with Crippen LogP contribution in [0.5, 0.6) is 0 Å². The van der Waals surface area contributed by atoms with Crippen molar-refractivity contribution < 1.29 is 14.6 Å². The molecule has 0 heterocycles. The van der Waals surface area contributed by atoms with E-state index in [0.29, 0.717) is 0 Å². The fourth-order valence-corrected chi connectivity index (χ4v) is 0.306. The van der Waals surface area contributed by atoms with Gasteiger partial charge < -0.3 is 15.2 Å². The number of ether oxygens (including phenoxy) is 1. The minimum Gasteiger partial charge on any atom is -0.453 e. The molecule has 2 N–H and O–H groups in total. The van der Waals surface area contributed by atoms with E-state index in [4.69, 9.17) is 5.11 Å². The third-order valence-electron chi connectivity index (χ3n) is 0.824. The van der Waals surface area contributed by atoms with Crippen molar-refractivity contribution in [2.45, 2.75) is 13.0 Å². The zero-order valence-corrected chi connectivity index (χ0v) is 5.55.